The Morgan fingerprint density at radius 2 is 2.31 bits per heavy atom. The summed E-state index contributed by atoms with van der Waals surface area (Å²) in [7, 11) is 0. The highest BCUT2D eigenvalue weighted by molar-refractivity contribution is 4.95. The molecule has 2 rings (SSSR count). The van der Waals surface area contributed by atoms with Crippen LogP contribution in [0.5, 0.6) is 0 Å². The molecule has 0 radical (unpaired) electrons. The summed E-state index contributed by atoms with van der Waals surface area (Å²) in [5, 5.41) is 7.50. The number of nitrogens with one attached hydrogen (secondary N) is 1. The van der Waals surface area contributed by atoms with Gasteiger partial charge in [0, 0.05) is 6.42 Å². The molecule has 1 unspecified atom stereocenters. The number of hydrogen-bond acceptors (Lipinski definition) is 4. The lowest BCUT2D eigenvalue weighted by Gasteiger charge is -2.19. The number of hydrogen-bond donors (Lipinski definition) is 1. The summed E-state index contributed by atoms with van der Waals surface area (Å²) in [4.78, 5) is 4.47. The third kappa shape index (κ3) is 3.04. The van der Waals surface area contributed by atoms with E-state index in [1.165, 1.54) is 25.7 Å². The SMILES string of the molecule is CCCCCc1nc(C2CCCCN2)no1. The van der Waals surface area contributed by atoms with E-state index in [-0.39, 0.29) is 0 Å². The van der Waals surface area contributed by atoms with E-state index in [9.17, 15) is 0 Å². The molecule has 4 heteroatoms. The molecule has 90 valence electrons. The van der Waals surface area contributed by atoms with Gasteiger partial charge in [-0.15, -0.1) is 0 Å². The van der Waals surface area contributed by atoms with Crippen LogP contribution >= 0.6 is 0 Å². The molecule has 0 saturated carbocycles. The van der Waals surface area contributed by atoms with Crippen molar-refractivity contribution in [2.45, 2.75) is 57.9 Å². The van der Waals surface area contributed by atoms with Crippen molar-refractivity contribution in [3.05, 3.63) is 11.7 Å². The summed E-state index contributed by atoms with van der Waals surface area (Å²) in [6.45, 7) is 3.27. The van der Waals surface area contributed by atoms with E-state index in [1.807, 2.05) is 0 Å². The van der Waals surface area contributed by atoms with Crippen LogP contribution in [0.2, 0.25) is 0 Å². The van der Waals surface area contributed by atoms with Gasteiger partial charge < -0.3 is 9.84 Å². The highest BCUT2D eigenvalue weighted by Crippen LogP contribution is 2.20. The molecule has 0 aliphatic carbocycles. The van der Waals surface area contributed by atoms with E-state index >= 15 is 0 Å². The van der Waals surface area contributed by atoms with Gasteiger partial charge in [-0.05, 0) is 25.8 Å². The minimum Gasteiger partial charge on any atom is -0.339 e. The van der Waals surface area contributed by atoms with Crippen molar-refractivity contribution in [1.82, 2.24) is 15.5 Å². The fourth-order valence-electron chi connectivity index (χ4n) is 2.11. The molecule has 1 saturated heterocycles. The van der Waals surface area contributed by atoms with Crippen LogP contribution in [0.4, 0.5) is 0 Å². The Morgan fingerprint density at radius 3 is 3.06 bits per heavy atom. The van der Waals surface area contributed by atoms with Crippen molar-refractivity contribution in [2.24, 2.45) is 0 Å². The van der Waals surface area contributed by atoms with Gasteiger partial charge in [-0.25, -0.2) is 0 Å². The molecular weight excluding hydrogens is 202 g/mol. The maximum Gasteiger partial charge on any atom is 0.226 e. The number of piperidine rings is 1. The maximum atomic E-state index is 5.26. The second-order valence-electron chi connectivity index (χ2n) is 4.51. The lowest BCUT2D eigenvalue weighted by Crippen LogP contribution is -2.27. The molecule has 16 heavy (non-hydrogen) atoms. The van der Waals surface area contributed by atoms with Crippen LogP contribution in [0.15, 0.2) is 4.52 Å². The summed E-state index contributed by atoms with van der Waals surface area (Å²) in [6.07, 6.45) is 8.19. The third-order valence-corrected chi connectivity index (χ3v) is 3.10. The zero-order chi connectivity index (χ0) is 11.2. The van der Waals surface area contributed by atoms with Gasteiger partial charge in [0.15, 0.2) is 5.82 Å². The molecule has 2 heterocycles. The topological polar surface area (TPSA) is 51.0 Å². The van der Waals surface area contributed by atoms with E-state index in [2.05, 4.69) is 22.4 Å². The van der Waals surface area contributed by atoms with Gasteiger partial charge in [0.25, 0.3) is 0 Å². The molecule has 1 N–H and O–H groups in total. The van der Waals surface area contributed by atoms with E-state index in [1.54, 1.807) is 0 Å². The van der Waals surface area contributed by atoms with Crippen LogP contribution in [-0.2, 0) is 6.42 Å². The smallest absolute Gasteiger partial charge is 0.226 e. The molecule has 1 aromatic rings. The van der Waals surface area contributed by atoms with Crippen molar-refractivity contribution >= 4 is 0 Å². The first kappa shape index (κ1) is 11.6. The Labute approximate surface area is 96.8 Å². The molecule has 0 amide bonds. The Hall–Kier alpha value is -0.900. The number of aromatic nitrogens is 2. The summed E-state index contributed by atoms with van der Waals surface area (Å²) in [6, 6.07) is 0.317. The first-order valence-electron chi connectivity index (χ1n) is 6.46. The van der Waals surface area contributed by atoms with Gasteiger partial charge in [0.1, 0.15) is 0 Å². The quantitative estimate of drug-likeness (QED) is 0.780. The number of nitrogens with zero attached hydrogens (tertiary/aromatic N) is 2. The molecule has 1 aliphatic rings. The third-order valence-electron chi connectivity index (χ3n) is 3.10. The normalized spacial score (nSPS) is 21.2. The zero-order valence-electron chi connectivity index (χ0n) is 10.0. The predicted octanol–water partition coefficient (Wildman–Crippen LogP) is 2.62. The van der Waals surface area contributed by atoms with Crippen molar-refractivity contribution in [3.63, 3.8) is 0 Å². The lowest BCUT2D eigenvalue weighted by atomic mass is 10.0. The minimum atomic E-state index is 0.317. The molecule has 1 aromatic heterocycles. The summed E-state index contributed by atoms with van der Waals surface area (Å²) < 4.78 is 5.26. The van der Waals surface area contributed by atoms with Crippen LogP contribution in [0.3, 0.4) is 0 Å². The van der Waals surface area contributed by atoms with Crippen molar-refractivity contribution in [3.8, 4) is 0 Å². The van der Waals surface area contributed by atoms with Crippen LogP contribution < -0.4 is 5.32 Å². The van der Waals surface area contributed by atoms with Gasteiger partial charge >= 0.3 is 0 Å². The molecule has 0 bridgehead atoms. The lowest BCUT2D eigenvalue weighted by molar-refractivity contribution is 0.346. The largest absolute Gasteiger partial charge is 0.339 e. The number of rotatable bonds is 5. The molecular formula is C12H21N3O. The fraction of sp³-hybridized carbons (Fsp3) is 0.833. The number of aryl methyl sites for hydroxylation is 1. The average molecular weight is 223 g/mol. The Morgan fingerprint density at radius 1 is 1.38 bits per heavy atom. The fourth-order valence-corrected chi connectivity index (χ4v) is 2.11. The van der Waals surface area contributed by atoms with Gasteiger partial charge in [-0.2, -0.15) is 4.98 Å². The maximum absolute atomic E-state index is 5.26. The van der Waals surface area contributed by atoms with Crippen molar-refractivity contribution < 1.29 is 4.52 Å². The van der Waals surface area contributed by atoms with Crippen molar-refractivity contribution in [2.75, 3.05) is 6.54 Å². The van der Waals surface area contributed by atoms with Crippen LogP contribution in [0.25, 0.3) is 0 Å². The number of unbranched alkanes of at least 4 members (excludes halogenated alkanes) is 2. The highest BCUT2D eigenvalue weighted by Gasteiger charge is 2.19. The van der Waals surface area contributed by atoms with E-state index in [0.717, 1.165) is 37.5 Å². The molecule has 1 atom stereocenters. The molecule has 4 nitrogen and oxygen atoms in total. The highest BCUT2D eigenvalue weighted by atomic mass is 16.5. The molecule has 1 aliphatic heterocycles. The Kier molecular flexibility index (Phi) is 4.34. The van der Waals surface area contributed by atoms with Crippen LogP contribution in [-0.4, -0.2) is 16.7 Å². The van der Waals surface area contributed by atoms with Crippen molar-refractivity contribution in [1.29, 1.82) is 0 Å². The standard InChI is InChI=1S/C12H21N3O/c1-2-3-4-8-11-14-12(15-16-11)10-7-5-6-9-13-10/h10,13H,2-9H2,1H3. The first-order chi connectivity index (χ1) is 7.90. The van der Waals surface area contributed by atoms with E-state index in [4.69, 9.17) is 4.52 Å². The Bertz CT molecular complexity index is 305. The van der Waals surface area contributed by atoms with Gasteiger partial charge in [-0.3, -0.25) is 0 Å². The Balaban J connectivity index is 1.85. The second kappa shape index (κ2) is 5.99. The molecule has 1 fully saturated rings. The van der Waals surface area contributed by atoms with Gasteiger partial charge in [-0.1, -0.05) is 31.3 Å². The molecule has 0 aromatic carbocycles. The van der Waals surface area contributed by atoms with E-state index in [0.29, 0.717) is 6.04 Å². The molecule has 0 spiro atoms. The van der Waals surface area contributed by atoms with Crippen LogP contribution in [0.1, 0.15) is 63.2 Å². The second-order valence-corrected chi connectivity index (χ2v) is 4.51. The summed E-state index contributed by atoms with van der Waals surface area (Å²) in [5.41, 5.74) is 0. The summed E-state index contributed by atoms with van der Waals surface area (Å²) >= 11 is 0. The zero-order valence-corrected chi connectivity index (χ0v) is 10.0. The van der Waals surface area contributed by atoms with Gasteiger partial charge in [0.2, 0.25) is 5.89 Å². The van der Waals surface area contributed by atoms with Crippen LogP contribution in [0, 0.1) is 0 Å². The van der Waals surface area contributed by atoms with E-state index < -0.39 is 0 Å². The summed E-state index contributed by atoms with van der Waals surface area (Å²) in [5.74, 6) is 1.65. The minimum absolute atomic E-state index is 0.317. The predicted molar refractivity (Wildman–Crippen MR) is 62.1 cm³/mol. The first-order valence-corrected chi connectivity index (χ1v) is 6.46. The monoisotopic (exact) mass is 223 g/mol. The average Bonchev–Trinajstić information content (AvgIpc) is 2.79. The van der Waals surface area contributed by atoms with Gasteiger partial charge in [0.05, 0.1) is 6.04 Å².